The van der Waals surface area contributed by atoms with Gasteiger partial charge in [0, 0.05) is 31.1 Å². The van der Waals surface area contributed by atoms with Gasteiger partial charge in [0.1, 0.15) is 12.4 Å². The molecule has 112 valence electrons. The number of rotatable bonds is 2. The molecule has 0 atom stereocenters. The van der Waals surface area contributed by atoms with Crippen molar-refractivity contribution in [3.8, 4) is 0 Å². The van der Waals surface area contributed by atoms with Gasteiger partial charge >= 0.3 is 6.18 Å². The van der Waals surface area contributed by atoms with Gasteiger partial charge in [-0.3, -0.25) is 0 Å². The first-order chi connectivity index (χ1) is 9.54. The first-order valence-corrected chi connectivity index (χ1v) is 7.40. The van der Waals surface area contributed by atoms with Crippen LogP contribution in [0.25, 0.3) is 0 Å². The molecule has 0 amide bonds. The molecule has 6 heteroatoms. The van der Waals surface area contributed by atoms with E-state index in [2.05, 4.69) is 10.3 Å². The molecule has 1 aliphatic carbocycles. The van der Waals surface area contributed by atoms with Crippen LogP contribution in [0.2, 0.25) is 0 Å². The number of hydrogen-bond acceptors (Lipinski definition) is 2. The van der Waals surface area contributed by atoms with Crippen LogP contribution in [0.5, 0.6) is 0 Å². The summed E-state index contributed by atoms with van der Waals surface area (Å²) in [6.45, 7) is 0.446. The van der Waals surface area contributed by atoms with Crippen molar-refractivity contribution in [1.29, 1.82) is 0 Å². The summed E-state index contributed by atoms with van der Waals surface area (Å²) in [7, 11) is 0. The standard InChI is InChI=1S/C14H20F3N3/c15-14(16,17)9-20-12-6-7-18-8-11(12)19-13(20)10-4-2-1-3-5-10/h10,18H,1-9H2. The minimum absolute atomic E-state index is 0.205. The van der Waals surface area contributed by atoms with Crippen LogP contribution in [0, 0.1) is 0 Å². The molecule has 1 aromatic heterocycles. The summed E-state index contributed by atoms with van der Waals surface area (Å²) in [4.78, 5) is 4.56. The van der Waals surface area contributed by atoms with Crippen molar-refractivity contribution in [2.24, 2.45) is 0 Å². The maximum absolute atomic E-state index is 12.9. The summed E-state index contributed by atoms with van der Waals surface area (Å²) < 4.78 is 40.1. The molecule has 20 heavy (non-hydrogen) atoms. The van der Waals surface area contributed by atoms with Crippen molar-refractivity contribution >= 4 is 0 Å². The van der Waals surface area contributed by atoms with Gasteiger partial charge in [-0.1, -0.05) is 19.3 Å². The quantitative estimate of drug-likeness (QED) is 0.905. The molecule has 1 aromatic rings. The topological polar surface area (TPSA) is 29.9 Å². The Hall–Kier alpha value is -1.04. The van der Waals surface area contributed by atoms with Crippen LogP contribution in [0.15, 0.2) is 0 Å². The highest BCUT2D eigenvalue weighted by molar-refractivity contribution is 5.22. The molecule has 1 saturated carbocycles. The van der Waals surface area contributed by atoms with Crippen LogP contribution in [0.1, 0.15) is 55.2 Å². The molecule has 0 bridgehead atoms. The van der Waals surface area contributed by atoms with E-state index < -0.39 is 12.7 Å². The molecule has 3 nitrogen and oxygen atoms in total. The van der Waals surface area contributed by atoms with Crippen LogP contribution < -0.4 is 5.32 Å². The minimum Gasteiger partial charge on any atom is -0.322 e. The predicted molar refractivity (Wildman–Crippen MR) is 69.5 cm³/mol. The third-order valence-electron chi connectivity index (χ3n) is 4.32. The van der Waals surface area contributed by atoms with E-state index in [1.54, 1.807) is 0 Å². The van der Waals surface area contributed by atoms with E-state index in [9.17, 15) is 13.2 Å². The molecule has 2 aliphatic rings. The summed E-state index contributed by atoms with van der Waals surface area (Å²) in [5.41, 5.74) is 1.61. The van der Waals surface area contributed by atoms with Gasteiger partial charge in [-0.15, -0.1) is 0 Å². The summed E-state index contributed by atoms with van der Waals surface area (Å²) in [5.74, 6) is 0.882. The molecule has 0 aromatic carbocycles. The molecule has 1 N–H and O–H groups in total. The zero-order valence-electron chi connectivity index (χ0n) is 11.5. The fourth-order valence-electron chi connectivity index (χ4n) is 3.42. The SMILES string of the molecule is FC(F)(F)Cn1c(C2CCCCC2)nc2c1CCNC2. The Kier molecular flexibility index (Phi) is 3.75. The van der Waals surface area contributed by atoms with Gasteiger partial charge in [-0.05, 0) is 12.8 Å². The minimum atomic E-state index is -4.18. The molecule has 1 fully saturated rings. The lowest BCUT2D eigenvalue weighted by atomic mass is 9.88. The number of nitrogens with one attached hydrogen (secondary N) is 1. The summed E-state index contributed by atoms with van der Waals surface area (Å²) >= 11 is 0. The van der Waals surface area contributed by atoms with Crippen molar-refractivity contribution in [2.75, 3.05) is 6.54 Å². The number of imidazole rings is 1. The molecule has 0 saturated heterocycles. The maximum Gasteiger partial charge on any atom is 0.406 e. The van der Waals surface area contributed by atoms with Crippen LogP contribution in [0.4, 0.5) is 13.2 Å². The number of halogens is 3. The van der Waals surface area contributed by atoms with Crippen LogP contribution in [0.3, 0.4) is 0 Å². The number of fused-ring (bicyclic) bond motifs is 1. The van der Waals surface area contributed by atoms with Gasteiger partial charge in [0.05, 0.1) is 5.69 Å². The maximum atomic E-state index is 12.9. The van der Waals surface area contributed by atoms with Crippen LogP contribution in [-0.4, -0.2) is 22.3 Å². The Morgan fingerprint density at radius 3 is 2.65 bits per heavy atom. The molecule has 2 heterocycles. The van der Waals surface area contributed by atoms with E-state index in [-0.39, 0.29) is 5.92 Å². The summed E-state index contributed by atoms with van der Waals surface area (Å²) in [6, 6.07) is 0. The Morgan fingerprint density at radius 1 is 1.20 bits per heavy atom. The number of hydrogen-bond donors (Lipinski definition) is 1. The van der Waals surface area contributed by atoms with E-state index in [1.807, 2.05) is 0 Å². The second kappa shape index (κ2) is 5.39. The molecular formula is C14H20F3N3. The fraction of sp³-hybridized carbons (Fsp3) is 0.786. The monoisotopic (exact) mass is 287 g/mol. The Bertz CT molecular complexity index is 473. The van der Waals surface area contributed by atoms with Crippen LogP contribution >= 0.6 is 0 Å². The second-order valence-electron chi connectivity index (χ2n) is 5.83. The van der Waals surface area contributed by atoms with E-state index in [4.69, 9.17) is 0 Å². The van der Waals surface area contributed by atoms with Gasteiger partial charge in [-0.25, -0.2) is 4.98 Å². The van der Waals surface area contributed by atoms with Gasteiger partial charge < -0.3 is 9.88 Å². The normalized spacial score (nSPS) is 20.9. The van der Waals surface area contributed by atoms with E-state index in [0.717, 1.165) is 43.6 Å². The largest absolute Gasteiger partial charge is 0.406 e. The van der Waals surface area contributed by atoms with E-state index >= 15 is 0 Å². The Morgan fingerprint density at radius 2 is 1.95 bits per heavy atom. The van der Waals surface area contributed by atoms with Gasteiger partial charge in [-0.2, -0.15) is 13.2 Å². The van der Waals surface area contributed by atoms with E-state index in [1.165, 1.54) is 11.0 Å². The highest BCUT2D eigenvalue weighted by atomic mass is 19.4. The van der Waals surface area contributed by atoms with Crippen molar-refractivity contribution in [3.63, 3.8) is 0 Å². The van der Waals surface area contributed by atoms with Crippen molar-refractivity contribution < 1.29 is 13.2 Å². The fourth-order valence-corrected chi connectivity index (χ4v) is 3.42. The van der Waals surface area contributed by atoms with Crippen molar-refractivity contribution in [3.05, 3.63) is 17.2 Å². The zero-order valence-corrected chi connectivity index (χ0v) is 11.5. The number of aromatic nitrogens is 2. The second-order valence-corrected chi connectivity index (χ2v) is 5.83. The van der Waals surface area contributed by atoms with Crippen molar-refractivity contribution in [1.82, 2.24) is 14.9 Å². The van der Waals surface area contributed by atoms with Gasteiger partial charge in [0.2, 0.25) is 0 Å². The Balaban J connectivity index is 1.96. The number of nitrogens with zero attached hydrogens (tertiary/aromatic N) is 2. The lowest BCUT2D eigenvalue weighted by Gasteiger charge is -2.23. The average molecular weight is 287 g/mol. The summed E-state index contributed by atoms with van der Waals surface area (Å²) in [5, 5.41) is 3.19. The Labute approximate surface area is 116 Å². The van der Waals surface area contributed by atoms with Gasteiger partial charge in [0.25, 0.3) is 0 Å². The van der Waals surface area contributed by atoms with Crippen molar-refractivity contribution in [2.45, 2.75) is 63.7 Å². The first kappa shape index (κ1) is 13.9. The molecule has 0 unspecified atom stereocenters. The van der Waals surface area contributed by atoms with Gasteiger partial charge in [0.15, 0.2) is 0 Å². The molecular weight excluding hydrogens is 267 g/mol. The predicted octanol–water partition coefficient (Wildman–Crippen LogP) is 3.14. The molecule has 0 spiro atoms. The smallest absolute Gasteiger partial charge is 0.322 e. The third kappa shape index (κ3) is 2.85. The first-order valence-electron chi connectivity index (χ1n) is 7.40. The van der Waals surface area contributed by atoms with E-state index in [0.29, 0.717) is 18.8 Å². The average Bonchev–Trinajstić information content (AvgIpc) is 2.77. The van der Waals surface area contributed by atoms with Crippen LogP contribution in [-0.2, 0) is 19.5 Å². The highest BCUT2D eigenvalue weighted by Gasteiger charge is 2.34. The summed E-state index contributed by atoms with van der Waals surface area (Å²) in [6.07, 6.45) is 1.81. The lowest BCUT2D eigenvalue weighted by molar-refractivity contribution is -0.141. The molecule has 1 aliphatic heterocycles. The third-order valence-corrected chi connectivity index (χ3v) is 4.32. The molecule has 3 rings (SSSR count). The zero-order chi connectivity index (χ0) is 14.2. The highest BCUT2D eigenvalue weighted by Crippen LogP contribution is 2.35. The molecule has 0 radical (unpaired) electrons. The lowest BCUT2D eigenvalue weighted by Crippen LogP contribution is -2.28. The number of alkyl halides is 3.